The molecular formula is C5H9F3O6. The maximum Gasteiger partial charge on any atom is 0.492 e. The summed E-state index contributed by atoms with van der Waals surface area (Å²) >= 11 is 0. The Morgan fingerprint density at radius 2 is 0.714 bits per heavy atom. The Morgan fingerprint density at radius 1 is 0.714 bits per heavy atom. The first-order valence-corrected chi connectivity index (χ1v) is 2.85. The molecule has 0 spiro atoms. The van der Waals surface area contributed by atoms with Crippen molar-refractivity contribution in [2.45, 2.75) is 13.8 Å². The number of carbonyl (C=O) groups is 3. The smallest absolute Gasteiger partial charge is 0.456 e. The Balaban J connectivity index is -0.0000000492. The highest BCUT2D eigenvalue weighted by Crippen LogP contribution is 1.59. The molecule has 0 radical (unpaired) electrons. The Kier molecular flexibility index (Phi) is 36.5. The van der Waals surface area contributed by atoms with Gasteiger partial charge in [-0.05, 0) is 0 Å². The summed E-state index contributed by atoms with van der Waals surface area (Å²) in [5.41, 5.74) is 0. The van der Waals surface area contributed by atoms with Crippen LogP contribution in [0.15, 0.2) is 0 Å². The molecule has 0 aromatic rings. The van der Waals surface area contributed by atoms with Gasteiger partial charge in [0.15, 0.2) is 0 Å². The van der Waals surface area contributed by atoms with Crippen molar-refractivity contribution < 1.29 is 42.9 Å². The van der Waals surface area contributed by atoms with Crippen LogP contribution in [-0.4, -0.2) is 34.0 Å². The lowest BCUT2D eigenvalue weighted by atomic mass is 11.0. The normalized spacial score (nSPS) is 5.79. The van der Waals surface area contributed by atoms with E-state index >= 15 is 0 Å². The Morgan fingerprint density at radius 3 is 0.714 bits per heavy atom. The maximum absolute atomic E-state index is 9.92. The van der Waals surface area contributed by atoms with Gasteiger partial charge in [0.05, 0.1) is 0 Å². The molecule has 9 heteroatoms. The molecule has 0 rings (SSSR count). The van der Waals surface area contributed by atoms with Crippen molar-refractivity contribution in [1.29, 1.82) is 0 Å². The van der Waals surface area contributed by atoms with E-state index in [-0.39, 0.29) is 0 Å². The van der Waals surface area contributed by atoms with Gasteiger partial charge < -0.3 is 15.3 Å². The highest BCUT2D eigenvalue weighted by atomic mass is 19.2. The van der Waals surface area contributed by atoms with E-state index in [1.165, 1.54) is 0 Å². The van der Waals surface area contributed by atoms with Gasteiger partial charge in [-0.3, -0.25) is 0 Å². The summed E-state index contributed by atoms with van der Waals surface area (Å²) in [4.78, 5) is 25.0. The summed E-state index contributed by atoms with van der Waals surface area (Å²) < 4.78 is 29.8. The van der Waals surface area contributed by atoms with Gasteiger partial charge in [-0.15, -0.1) is 13.2 Å². The molecule has 0 heterocycles. The van der Waals surface area contributed by atoms with Crippen LogP contribution in [0.2, 0.25) is 0 Å². The van der Waals surface area contributed by atoms with E-state index in [0.717, 1.165) is 0 Å². The minimum atomic E-state index is -2.33. The van der Waals surface area contributed by atoms with Crippen LogP contribution in [-0.2, 0) is 0 Å². The molecule has 0 aliphatic carbocycles. The largest absolute Gasteiger partial charge is 0.492 e. The van der Waals surface area contributed by atoms with Crippen LogP contribution in [0.1, 0.15) is 13.8 Å². The topological polar surface area (TPSA) is 112 Å². The first-order valence-electron chi connectivity index (χ1n) is 2.85. The second-order valence-corrected chi connectivity index (χ2v) is 0.759. The van der Waals surface area contributed by atoms with Gasteiger partial charge in [-0.2, -0.15) is 0 Å². The average molecular weight is 222 g/mol. The van der Waals surface area contributed by atoms with Crippen molar-refractivity contribution in [1.82, 2.24) is 0 Å². The van der Waals surface area contributed by atoms with E-state index in [1.54, 1.807) is 0 Å². The fraction of sp³-hybridized carbons (Fsp3) is 0.400. The van der Waals surface area contributed by atoms with Crippen molar-refractivity contribution in [2.75, 3.05) is 0 Å². The summed E-state index contributed by atoms with van der Waals surface area (Å²) in [7, 11) is 0. The molecule has 0 aromatic carbocycles. The van der Waals surface area contributed by atoms with Crippen molar-refractivity contribution in [3.8, 4) is 0 Å². The first kappa shape index (κ1) is 22.8. The zero-order valence-electron chi connectivity index (χ0n) is 7.20. The van der Waals surface area contributed by atoms with Crippen LogP contribution in [0.5, 0.6) is 0 Å². The molecule has 0 aliphatic heterocycles. The average Bonchev–Trinajstić information content (AvgIpc) is 1.86. The lowest BCUT2D eigenvalue weighted by Gasteiger charge is -1.53. The van der Waals surface area contributed by atoms with Crippen LogP contribution in [0.3, 0.4) is 0 Å². The van der Waals surface area contributed by atoms with E-state index in [9.17, 15) is 13.2 Å². The van der Waals surface area contributed by atoms with E-state index < -0.39 is 18.7 Å². The molecule has 0 saturated carbocycles. The monoisotopic (exact) mass is 222 g/mol. The van der Waals surface area contributed by atoms with E-state index in [2.05, 4.69) is 0 Å². The zero-order valence-corrected chi connectivity index (χ0v) is 7.20. The predicted molar refractivity (Wildman–Crippen MR) is 38.7 cm³/mol. The maximum atomic E-state index is 9.92. The van der Waals surface area contributed by atoms with Crippen molar-refractivity contribution in [3.63, 3.8) is 0 Å². The third-order valence-electron chi connectivity index (χ3n) is 0. The molecule has 0 amide bonds. The standard InChI is InChI=1S/C2H6.3CHFO2/c1-2;3*2-1(3)4/h1-2H3;3*(H,3,4). The van der Waals surface area contributed by atoms with Crippen LogP contribution in [0.25, 0.3) is 0 Å². The molecule has 0 bridgehead atoms. The van der Waals surface area contributed by atoms with Crippen LogP contribution >= 0.6 is 0 Å². The molecule has 14 heavy (non-hydrogen) atoms. The van der Waals surface area contributed by atoms with E-state index in [0.29, 0.717) is 0 Å². The summed E-state index contributed by atoms with van der Waals surface area (Å²) in [5.74, 6) is 0. The predicted octanol–water partition coefficient (Wildman–Crippen LogP) is 2.93. The van der Waals surface area contributed by atoms with Crippen LogP contribution in [0, 0.1) is 0 Å². The zero-order chi connectivity index (χ0) is 12.7. The quantitative estimate of drug-likeness (QED) is 0.543. The Hall–Kier alpha value is -1.80. The molecule has 0 aromatic heterocycles. The first-order chi connectivity index (χ1) is 6.20. The van der Waals surface area contributed by atoms with Gasteiger partial charge in [-0.25, -0.2) is 14.4 Å². The molecule has 0 saturated heterocycles. The Bertz CT molecular complexity index is 119. The number of rotatable bonds is 0. The summed E-state index contributed by atoms with van der Waals surface area (Å²) in [6.45, 7) is 4.00. The molecule has 0 atom stereocenters. The van der Waals surface area contributed by atoms with Crippen molar-refractivity contribution >= 4 is 18.7 Å². The van der Waals surface area contributed by atoms with Gasteiger partial charge >= 0.3 is 18.7 Å². The second-order valence-electron chi connectivity index (χ2n) is 0.759. The summed E-state index contributed by atoms with van der Waals surface area (Å²) in [6, 6.07) is 0. The number of carboxylic acid groups (broad SMARTS) is 3. The van der Waals surface area contributed by atoms with Gasteiger partial charge in [0.25, 0.3) is 0 Å². The van der Waals surface area contributed by atoms with Gasteiger partial charge in [0, 0.05) is 0 Å². The minimum Gasteiger partial charge on any atom is -0.456 e. The van der Waals surface area contributed by atoms with Crippen LogP contribution < -0.4 is 0 Å². The lowest BCUT2D eigenvalue weighted by Crippen LogP contribution is -1.69. The van der Waals surface area contributed by atoms with Gasteiger partial charge in [0.1, 0.15) is 0 Å². The minimum absolute atomic E-state index is 2.00. The second kappa shape index (κ2) is 22.5. The van der Waals surface area contributed by atoms with Gasteiger partial charge in [0.2, 0.25) is 0 Å². The molecular weight excluding hydrogens is 213 g/mol. The van der Waals surface area contributed by atoms with Crippen molar-refractivity contribution in [2.24, 2.45) is 0 Å². The third kappa shape index (κ3) is 266. The number of hydrogen-bond acceptors (Lipinski definition) is 3. The third-order valence-corrected chi connectivity index (χ3v) is 0. The molecule has 0 aliphatic rings. The Labute approximate surface area is 76.6 Å². The highest BCUT2D eigenvalue weighted by molar-refractivity contribution is 5.55. The molecule has 0 fully saturated rings. The summed E-state index contributed by atoms with van der Waals surface area (Å²) in [6.07, 6.45) is -7.00. The van der Waals surface area contributed by atoms with Gasteiger partial charge in [-0.1, -0.05) is 13.8 Å². The van der Waals surface area contributed by atoms with E-state index in [1.807, 2.05) is 13.8 Å². The highest BCUT2D eigenvalue weighted by Gasteiger charge is 1.75. The molecule has 86 valence electrons. The summed E-state index contributed by atoms with van der Waals surface area (Å²) in [5, 5.41) is 20.2. The number of hydrogen-bond donors (Lipinski definition) is 3. The fourth-order valence-electron chi connectivity index (χ4n) is 0. The fourth-order valence-corrected chi connectivity index (χ4v) is 0. The number of halogens is 3. The molecule has 3 N–H and O–H groups in total. The van der Waals surface area contributed by atoms with Crippen molar-refractivity contribution in [3.05, 3.63) is 0 Å². The SMILES string of the molecule is CC.O=C(O)F.O=C(O)F.O=C(O)F. The molecule has 6 nitrogen and oxygen atoms in total. The molecule has 0 unspecified atom stereocenters. The van der Waals surface area contributed by atoms with Crippen LogP contribution in [0.4, 0.5) is 27.6 Å². The van der Waals surface area contributed by atoms with E-state index in [4.69, 9.17) is 29.7 Å². The lowest BCUT2D eigenvalue weighted by molar-refractivity contribution is 0.167.